The maximum atomic E-state index is 12.2. The maximum Gasteiger partial charge on any atom is 0.573 e. The summed E-state index contributed by atoms with van der Waals surface area (Å²) in [6.07, 6.45) is -1.93. The number of rotatable bonds is 6. The first-order valence-corrected chi connectivity index (χ1v) is 8.67. The van der Waals surface area contributed by atoms with Gasteiger partial charge >= 0.3 is 12.3 Å². The van der Waals surface area contributed by atoms with Crippen molar-refractivity contribution in [3.05, 3.63) is 29.8 Å². The van der Waals surface area contributed by atoms with Gasteiger partial charge in [0.2, 0.25) is 0 Å². The Hall–Kier alpha value is -1.80. The summed E-state index contributed by atoms with van der Waals surface area (Å²) >= 11 is 0. The van der Waals surface area contributed by atoms with Crippen LogP contribution in [0.2, 0.25) is 0 Å². The number of likely N-dealkylation sites (N-methyl/N-ethyl adjacent to an activating group) is 1. The van der Waals surface area contributed by atoms with Crippen molar-refractivity contribution in [2.45, 2.75) is 44.6 Å². The summed E-state index contributed by atoms with van der Waals surface area (Å²) in [5, 5.41) is 8.93. The van der Waals surface area contributed by atoms with Gasteiger partial charge < -0.3 is 9.84 Å². The molecule has 1 aromatic rings. The van der Waals surface area contributed by atoms with E-state index in [0.717, 1.165) is 37.9 Å². The van der Waals surface area contributed by atoms with Crippen molar-refractivity contribution < 1.29 is 27.8 Å². The molecule has 1 aliphatic rings. The van der Waals surface area contributed by atoms with Crippen LogP contribution in [0.15, 0.2) is 24.3 Å². The number of halogens is 3. The molecule has 1 aromatic carbocycles. The van der Waals surface area contributed by atoms with Crippen molar-refractivity contribution >= 4 is 5.97 Å². The molecular weight excluding hydrogens is 349 g/mol. The fourth-order valence-corrected chi connectivity index (χ4v) is 3.43. The van der Waals surface area contributed by atoms with Crippen LogP contribution in [0, 0.1) is 0 Å². The van der Waals surface area contributed by atoms with E-state index < -0.39 is 12.3 Å². The lowest BCUT2D eigenvalue weighted by atomic mass is 10.1. The molecule has 0 aromatic heterocycles. The molecule has 0 spiro atoms. The first-order chi connectivity index (χ1) is 12.2. The number of hydrogen-bond donors (Lipinski definition) is 1. The highest BCUT2D eigenvalue weighted by Gasteiger charge is 2.31. The van der Waals surface area contributed by atoms with Gasteiger partial charge in [0.25, 0.3) is 0 Å². The normalized spacial score (nSPS) is 20.6. The van der Waals surface area contributed by atoms with E-state index in [4.69, 9.17) is 5.11 Å². The fourth-order valence-electron chi connectivity index (χ4n) is 3.43. The molecule has 146 valence electrons. The van der Waals surface area contributed by atoms with Gasteiger partial charge in [0.05, 0.1) is 6.54 Å². The molecule has 2 atom stereocenters. The summed E-state index contributed by atoms with van der Waals surface area (Å²) in [5.74, 6) is -1.05. The van der Waals surface area contributed by atoms with Gasteiger partial charge in [-0.2, -0.15) is 0 Å². The van der Waals surface area contributed by atoms with E-state index in [0.29, 0.717) is 0 Å². The Balaban J connectivity index is 1.95. The predicted molar refractivity (Wildman–Crippen MR) is 91.0 cm³/mol. The van der Waals surface area contributed by atoms with Crippen LogP contribution in [-0.2, 0) is 4.79 Å². The van der Waals surface area contributed by atoms with Crippen molar-refractivity contribution in [1.82, 2.24) is 9.80 Å². The van der Waals surface area contributed by atoms with Crippen molar-refractivity contribution in [3.63, 3.8) is 0 Å². The number of benzene rings is 1. The lowest BCUT2D eigenvalue weighted by molar-refractivity contribution is -0.274. The van der Waals surface area contributed by atoms with Gasteiger partial charge in [0.15, 0.2) is 0 Å². The zero-order chi connectivity index (χ0) is 19.3. The molecule has 2 rings (SSSR count). The molecule has 5 nitrogen and oxygen atoms in total. The minimum Gasteiger partial charge on any atom is -0.480 e. The second-order valence-corrected chi connectivity index (χ2v) is 6.72. The van der Waals surface area contributed by atoms with E-state index in [1.54, 1.807) is 12.1 Å². The Bertz CT molecular complexity index is 592. The molecule has 0 bridgehead atoms. The quantitative estimate of drug-likeness (QED) is 0.826. The van der Waals surface area contributed by atoms with E-state index in [1.165, 1.54) is 12.1 Å². The molecule has 26 heavy (non-hydrogen) atoms. The predicted octanol–water partition coefficient (Wildman–Crippen LogP) is 3.52. The van der Waals surface area contributed by atoms with Gasteiger partial charge in [0, 0.05) is 18.6 Å². The zero-order valence-electron chi connectivity index (χ0n) is 15.0. The van der Waals surface area contributed by atoms with Crippen LogP contribution in [0.3, 0.4) is 0 Å². The highest BCUT2D eigenvalue weighted by atomic mass is 19.4. The van der Waals surface area contributed by atoms with Crippen molar-refractivity contribution in [1.29, 1.82) is 0 Å². The largest absolute Gasteiger partial charge is 0.573 e. The molecule has 1 heterocycles. The minimum atomic E-state index is -4.69. The van der Waals surface area contributed by atoms with Crippen molar-refractivity contribution in [2.24, 2.45) is 0 Å². The summed E-state index contributed by atoms with van der Waals surface area (Å²) in [4.78, 5) is 15.0. The number of hydrogen-bond acceptors (Lipinski definition) is 4. The summed E-state index contributed by atoms with van der Waals surface area (Å²) in [5.41, 5.74) is 0.928. The van der Waals surface area contributed by atoms with Crippen LogP contribution < -0.4 is 4.74 Å². The molecule has 2 unspecified atom stereocenters. The number of carbonyl (C=O) groups is 1. The Morgan fingerprint density at radius 2 is 1.96 bits per heavy atom. The van der Waals surface area contributed by atoms with Crippen LogP contribution in [0.4, 0.5) is 13.2 Å². The fraction of sp³-hybridized carbons (Fsp3) is 0.611. The highest BCUT2D eigenvalue weighted by molar-refractivity contribution is 5.69. The SMILES string of the molecule is CC(c1ccc(OC(F)(F)F)cc1)N1CCCC(N(C)CC(=O)O)CC1. The second kappa shape index (κ2) is 8.73. The van der Waals surface area contributed by atoms with Crippen LogP contribution in [0.5, 0.6) is 5.75 Å². The third-order valence-electron chi connectivity index (χ3n) is 4.88. The molecule has 0 saturated carbocycles. The molecule has 0 radical (unpaired) electrons. The first-order valence-electron chi connectivity index (χ1n) is 8.67. The number of aliphatic carboxylic acids is 1. The summed E-state index contributed by atoms with van der Waals surface area (Å²) in [7, 11) is 1.83. The molecule has 1 N–H and O–H groups in total. The standard InChI is InChI=1S/C18H25F3N2O3/c1-13(14-5-7-16(8-6-14)26-18(19,20)21)23-10-3-4-15(9-11-23)22(2)12-17(24)25/h5-8,13,15H,3-4,9-12H2,1-2H3,(H,24,25). The third-order valence-corrected chi connectivity index (χ3v) is 4.88. The van der Waals surface area contributed by atoms with E-state index in [1.807, 2.05) is 18.9 Å². The number of likely N-dealkylation sites (tertiary alicyclic amines) is 1. The Morgan fingerprint density at radius 3 is 2.54 bits per heavy atom. The molecule has 1 saturated heterocycles. The molecule has 0 amide bonds. The number of ether oxygens (including phenoxy) is 1. The molecule has 1 aliphatic heterocycles. The zero-order valence-corrected chi connectivity index (χ0v) is 15.0. The van der Waals surface area contributed by atoms with E-state index >= 15 is 0 Å². The molecule has 1 fully saturated rings. The van der Waals surface area contributed by atoms with Crippen LogP contribution >= 0.6 is 0 Å². The Labute approximate surface area is 151 Å². The average Bonchev–Trinajstić information content (AvgIpc) is 2.79. The van der Waals surface area contributed by atoms with Crippen LogP contribution in [0.25, 0.3) is 0 Å². The molecule has 8 heteroatoms. The molecular formula is C18H25F3N2O3. The molecule has 0 aliphatic carbocycles. The van der Waals surface area contributed by atoms with Gasteiger partial charge in [0.1, 0.15) is 5.75 Å². The Morgan fingerprint density at radius 1 is 1.31 bits per heavy atom. The summed E-state index contributed by atoms with van der Waals surface area (Å²) in [6, 6.07) is 6.28. The third kappa shape index (κ3) is 6.17. The monoisotopic (exact) mass is 374 g/mol. The van der Waals surface area contributed by atoms with Gasteiger partial charge in [-0.3, -0.25) is 14.6 Å². The van der Waals surface area contributed by atoms with E-state index in [2.05, 4.69) is 9.64 Å². The first kappa shape index (κ1) is 20.5. The van der Waals surface area contributed by atoms with E-state index in [9.17, 15) is 18.0 Å². The van der Waals surface area contributed by atoms with Gasteiger partial charge in [-0.05, 0) is 57.5 Å². The highest BCUT2D eigenvalue weighted by Crippen LogP contribution is 2.28. The minimum absolute atomic E-state index is 0.0287. The lowest BCUT2D eigenvalue weighted by Gasteiger charge is -2.29. The maximum absolute atomic E-state index is 12.2. The summed E-state index contributed by atoms with van der Waals surface area (Å²) < 4.78 is 40.6. The number of nitrogens with zero attached hydrogens (tertiary/aromatic N) is 2. The summed E-state index contributed by atoms with van der Waals surface area (Å²) in [6.45, 7) is 3.75. The lowest BCUT2D eigenvalue weighted by Crippen LogP contribution is -2.36. The second-order valence-electron chi connectivity index (χ2n) is 6.72. The van der Waals surface area contributed by atoms with Gasteiger partial charge in [-0.1, -0.05) is 12.1 Å². The van der Waals surface area contributed by atoms with E-state index in [-0.39, 0.29) is 24.4 Å². The Kier molecular flexibility index (Phi) is 6.88. The van der Waals surface area contributed by atoms with Crippen molar-refractivity contribution in [2.75, 3.05) is 26.7 Å². The number of carboxylic acids is 1. The number of alkyl halides is 3. The van der Waals surface area contributed by atoms with Crippen LogP contribution in [0.1, 0.15) is 37.8 Å². The van der Waals surface area contributed by atoms with Gasteiger partial charge in [-0.25, -0.2) is 0 Å². The topological polar surface area (TPSA) is 53.0 Å². The smallest absolute Gasteiger partial charge is 0.480 e. The van der Waals surface area contributed by atoms with Crippen LogP contribution in [-0.4, -0.2) is 60.0 Å². The van der Waals surface area contributed by atoms with Crippen molar-refractivity contribution in [3.8, 4) is 5.75 Å². The average molecular weight is 374 g/mol. The van der Waals surface area contributed by atoms with Gasteiger partial charge in [-0.15, -0.1) is 13.2 Å². The number of carboxylic acid groups (broad SMARTS) is 1.